The average Bonchev–Trinajstić information content (AvgIpc) is 2.78. The summed E-state index contributed by atoms with van der Waals surface area (Å²) in [5, 5.41) is 0. The minimum absolute atomic E-state index is 0.225. The maximum absolute atomic E-state index is 6.06. The largest absolute Gasteiger partial charge is 0.347 e. The molecule has 0 radical (unpaired) electrons. The Morgan fingerprint density at radius 1 is 1.17 bits per heavy atom. The Labute approximate surface area is 111 Å². The molecule has 0 aromatic rings. The number of hydrogen-bond donors (Lipinski definition) is 0. The predicted octanol–water partition coefficient (Wildman–Crippen LogP) is 3.77. The summed E-state index contributed by atoms with van der Waals surface area (Å²) >= 11 is 0. The maximum atomic E-state index is 6.06. The van der Waals surface area contributed by atoms with Gasteiger partial charge in [-0.15, -0.1) is 0 Å². The number of allylic oxidation sites excluding steroid dienone is 1. The third-order valence-electron chi connectivity index (χ3n) is 5.46. The molecule has 3 fully saturated rings. The Hall–Kier alpha value is -0.340. The predicted molar refractivity (Wildman–Crippen MR) is 72.2 cm³/mol. The molecular weight excluding hydrogens is 224 g/mol. The lowest BCUT2D eigenvalue weighted by molar-refractivity contribution is -0.241. The molecule has 2 aliphatic carbocycles. The lowest BCUT2D eigenvalue weighted by Gasteiger charge is -2.51. The topological polar surface area (TPSA) is 18.5 Å². The van der Waals surface area contributed by atoms with Gasteiger partial charge in [-0.3, -0.25) is 0 Å². The fraction of sp³-hybridized carbons (Fsp3) is 0.875. The van der Waals surface area contributed by atoms with E-state index in [1.165, 1.54) is 31.3 Å². The normalized spacial score (nSPS) is 42.8. The van der Waals surface area contributed by atoms with Crippen molar-refractivity contribution in [2.75, 3.05) is 13.2 Å². The van der Waals surface area contributed by atoms with Gasteiger partial charge in [-0.25, -0.2) is 0 Å². The van der Waals surface area contributed by atoms with E-state index in [0.29, 0.717) is 11.8 Å². The van der Waals surface area contributed by atoms with Crippen molar-refractivity contribution in [2.24, 2.45) is 23.7 Å². The Morgan fingerprint density at radius 2 is 1.89 bits per heavy atom. The van der Waals surface area contributed by atoms with Crippen molar-refractivity contribution < 1.29 is 9.47 Å². The van der Waals surface area contributed by atoms with Crippen LogP contribution in [0.25, 0.3) is 0 Å². The molecule has 1 spiro atoms. The van der Waals surface area contributed by atoms with Gasteiger partial charge < -0.3 is 9.47 Å². The maximum Gasteiger partial charge on any atom is 0.171 e. The summed E-state index contributed by atoms with van der Waals surface area (Å²) in [6.07, 6.45) is 6.20. The Morgan fingerprint density at radius 3 is 2.56 bits per heavy atom. The van der Waals surface area contributed by atoms with Gasteiger partial charge in [-0.2, -0.15) is 0 Å². The summed E-state index contributed by atoms with van der Waals surface area (Å²) in [5.41, 5.74) is 1.37. The molecular formula is C16H26O2. The van der Waals surface area contributed by atoms with Crippen LogP contribution >= 0.6 is 0 Å². The van der Waals surface area contributed by atoms with Gasteiger partial charge in [0, 0.05) is 12.3 Å². The van der Waals surface area contributed by atoms with Crippen LogP contribution in [-0.2, 0) is 9.47 Å². The molecule has 0 N–H and O–H groups in total. The molecule has 0 amide bonds. The van der Waals surface area contributed by atoms with Crippen molar-refractivity contribution in [3.8, 4) is 0 Å². The van der Waals surface area contributed by atoms with E-state index in [9.17, 15) is 0 Å². The summed E-state index contributed by atoms with van der Waals surface area (Å²) in [7, 11) is 0. The molecule has 2 heteroatoms. The van der Waals surface area contributed by atoms with Crippen molar-refractivity contribution >= 4 is 0 Å². The van der Waals surface area contributed by atoms with Gasteiger partial charge in [0.15, 0.2) is 5.79 Å². The first-order valence-electron chi connectivity index (χ1n) is 7.56. The van der Waals surface area contributed by atoms with Crippen molar-refractivity contribution in [1.29, 1.82) is 0 Å². The highest BCUT2D eigenvalue weighted by atomic mass is 16.7. The number of rotatable bonds is 1. The molecule has 3 rings (SSSR count). The van der Waals surface area contributed by atoms with Crippen molar-refractivity contribution in [2.45, 2.75) is 51.7 Å². The molecule has 0 bridgehead atoms. The summed E-state index contributed by atoms with van der Waals surface area (Å²) < 4.78 is 12.1. The van der Waals surface area contributed by atoms with E-state index in [2.05, 4.69) is 20.4 Å². The monoisotopic (exact) mass is 250 g/mol. The molecule has 18 heavy (non-hydrogen) atoms. The highest BCUT2D eigenvalue weighted by Crippen LogP contribution is 2.54. The minimum atomic E-state index is -0.225. The third kappa shape index (κ3) is 1.94. The van der Waals surface area contributed by atoms with Crippen molar-refractivity contribution in [3.05, 3.63) is 12.2 Å². The second kappa shape index (κ2) is 4.64. The van der Waals surface area contributed by atoms with Crippen LogP contribution in [0.3, 0.4) is 0 Å². The minimum Gasteiger partial charge on any atom is -0.347 e. The van der Waals surface area contributed by atoms with Crippen LogP contribution in [-0.4, -0.2) is 19.0 Å². The first-order chi connectivity index (χ1) is 8.62. The van der Waals surface area contributed by atoms with Crippen LogP contribution in [0, 0.1) is 23.7 Å². The summed E-state index contributed by atoms with van der Waals surface area (Å²) in [6, 6.07) is 0. The van der Waals surface area contributed by atoms with Crippen LogP contribution in [0.5, 0.6) is 0 Å². The first kappa shape index (κ1) is 12.7. The number of ether oxygens (including phenoxy) is 2. The molecule has 2 saturated carbocycles. The lowest BCUT2D eigenvalue weighted by atomic mass is 9.59. The third-order valence-corrected chi connectivity index (χ3v) is 5.46. The van der Waals surface area contributed by atoms with E-state index in [1.54, 1.807) is 0 Å². The molecule has 1 aliphatic heterocycles. The highest BCUT2D eigenvalue weighted by Gasteiger charge is 2.54. The molecule has 1 unspecified atom stereocenters. The van der Waals surface area contributed by atoms with Gasteiger partial charge in [-0.1, -0.05) is 25.5 Å². The molecule has 1 saturated heterocycles. The highest BCUT2D eigenvalue weighted by molar-refractivity contribution is 5.08. The van der Waals surface area contributed by atoms with Gasteiger partial charge in [0.05, 0.1) is 13.2 Å². The Kier molecular flexibility index (Phi) is 3.27. The van der Waals surface area contributed by atoms with Crippen molar-refractivity contribution in [1.82, 2.24) is 0 Å². The summed E-state index contributed by atoms with van der Waals surface area (Å²) in [5.74, 6) is 2.65. The van der Waals surface area contributed by atoms with Crippen LogP contribution in [0.2, 0.25) is 0 Å². The molecule has 3 aliphatic rings. The molecule has 1 heterocycles. The fourth-order valence-corrected chi connectivity index (χ4v) is 4.61. The number of fused-ring (bicyclic) bond motifs is 2. The molecule has 0 aromatic heterocycles. The fourth-order valence-electron chi connectivity index (χ4n) is 4.61. The van der Waals surface area contributed by atoms with E-state index < -0.39 is 0 Å². The smallest absolute Gasteiger partial charge is 0.171 e. The quantitative estimate of drug-likeness (QED) is 0.660. The van der Waals surface area contributed by atoms with Crippen LogP contribution in [0.15, 0.2) is 12.2 Å². The van der Waals surface area contributed by atoms with E-state index in [1.807, 2.05) is 0 Å². The standard InChI is InChI=1S/C16H26O2/c1-11(2)13-6-7-16(17-8-9-18-16)15-5-4-12(3)10-14(13)15/h12-15H,1,4-10H2,2-3H3/t12-,13-,14-,15?/m0/s1. The van der Waals surface area contributed by atoms with Gasteiger partial charge in [-0.05, 0) is 43.9 Å². The van der Waals surface area contributed by atoms with Crippen LogP contribution in [0.1, 0.15) is 46.0 Å². The van der Waals surface area contributed by atoms with Gasteiger partial charge in [0.25, 0.3) is 0 Å². The van der Waals surface area contributed by atoms with Gasteiger partial charge in [0.2, 0.25) is 0 Å². The Bertz CT molecular complexity index is 330. The molecule has 102 valence electrons. The zero-order chi connectivity index (χ0) is 12.8. The SMILES string of the molecule is C=C(C)[C@@H]1CCC2(OCCO2)C2CC[C@H](C)C[C@H]21. The average molecular weight is 250 g/mol. The Balaban J connectivity index is 1.86. The summed E-state index contributed by atoms with van der Waals surface area (Å²) in [4.78, 5) is 0. The second-order valence-corrected chi connectivity index (χ2v) is 6.69. The van der Waals surface area contributed by atoms with Gasteiger partial charge in [0.1, 0.15) is 0 Å². The second-order valence-electron chi connectivity index (χ2n) is 6.69. The van der Waals surface area contributed by atoms with Crippen LogP contribution in [0.4, 0.5) is 0 Å². The van der Waals surface area contributed by atoms with E-state index in [0.717, 1.165) is 31.5 Å². The zero-order valence-electron chi connectivity index (χ0n) is 11.8. The zero-order valence-corrected chi connectivity index (χ0v) is 11.8. The summed E-state index contributed by atoms with van der Waals surface area (Å²) in [6.45, 7) is 10.4. The molecule has 0 aromatic carbocycles. The molecule has 4 atom stereocenters. The van der Waals surface area contributed by atoms with Crippen molar-refractivity contribution in [3.63, 3.8) is 0 Å². The lowest BCUT2D eigenvalue weighted by Crippen LogP contribution is -2.51. The first-order valence-corrected chi connectivity index (χ1v) is 7.56. The molecule has 2 nitrogen and oxygen atoms in total. The van der Waals surface area contributed by atoms with Gasteiger partial charge >= 0.3 is 0 Å². The van der Waals surface area contributed by atoms with E-state index in [4.69, 9.17) is 9.47 Å². The number of hydrogen-bond acceptors (Lipinski definition) is 2. The van der Waals surface area contributed by atoms with E-state index >= 15 is 0 Å². The van der Waals surface area contributed by atoms with Crippen LogP contribution < -0.4 is 0 Å². The van der Waals surface area contributed by atoms with E-state index in [-0.39, 0.29) is 5.79 Å².